The van der Waals surface area contributed by atoms with Crippen molar-refractivity contribution in [1.82, 2.24) is 9.78 Å². The van der Waals surface area contributed by atoms with E-state index in [-0.39, 0.29) is 0 Å². The van der Waals surface area contributed by atoms with Crippen LogP contribution in [0.4, 0.5) is 0 Å². The summed E-state index contributed by atoms with van der Waals surface area (Å²) in [6.45, 7) is 4.09. The summed E-state index contributed by atoms with van der Waals surface area (Å²) in [5, 5.41) is 15.1. The number of aromatic nitrogens is 2. The maximum absolute atomic E-state index is 10.8. The highest BCUT2D eigenvalue weighted by Gasteiger charge is 2.18. The van der Waals surface area contributed by atoms with Crippen molar-refractivity contribution in [1.29, 1.82) is 0 Å². The second-order valence-corrected chi connectivity index (χ2v) is 5.20. The van der Waals surface area contributed by atoms with Gasteiger partial charge in [-0.05, 0) is 48.7 Å². The Hall–Kier alpha value is -2.39. The van der Waals surface area contributed by atoms with Crippen LogP contribution in [0.3, 0.4) is 0 Å². The summed E-state index contributed by atoms with van der Waals surface area (Å²) in [7, 11) is 0. The van der Waals surface area contributed by atoms with E-state index in [0.717, 1.165) is 22.5 Å². The monoisotopic (exact) mass is 278 g/mol. The van der Waals surface area contributed by atoms with Gasteiger partial charge in [0.05, 0.1) is 11.4 Å². The molecule has 1 aromatic heterocycles. The molecule has 3 heteroatoms. The topological polar surface area (TPSA) is 38.1 Å². The van der Waals surface area contributed by atoms with Crippen molar-refractivity contribution in [3.05, 3.63) is 83.2 Å². The molecule has 1 atom stereocenters. The molecule has 1 heterocycles. The van der Waals surface area contributed by atoms with Crippen molar-refractivity contribution < 1.29 is 5.11 Å². The van der Waals surface area contributed by atoms with Crippen molar-refractivity contribution >= 4 is 0 Å². The molecule has 0 radical (unpaired) electrons. The molecule has 1 N–H and O–H groups in total. The molecule has 0 saturated heterocycles. The number of aryl methyl sites for hydroxylation is 1. The normalized spacial score (nSPS) is 12.3. The van der Waals surface area contributed by atoms with E-state index in [0.29, 0.717) is 0 Å². The number of rotatable bonds is 3. The largest absolute Gasteiger partial charge is 0.382 e. The van der Waals surface area contributed by atoms with E-state index in [1.807, 2.05) is 55.5 Å². The molecule has 3 nitrogen and oxygen atoms in total. The smallest absolute Gasteiger partial charge is 0.121 e. The van der Waals surface area contributed by atoms with Gasteiger partial charge in [0, 0.05) is 6.20 Å². The van der Waals surface area contributed by atoms with Crippen molar-refractivity contribution in [2.75, 3.05) is 0 Å². The van der Waals surface area contributed by atoms with Gasteiger partial charge in [-0.1, -0.05) is 36.4 Å². The fraction of sp³-hybridized carbons (Fsp3) is 0.167. The lowest BCUT2D eigenvalue weighted by molar-refractivity contribution is 0.211. The first-order chi connectivity index (χ1) is 10.2. The summed E-state index contributed by atoms with van der Waals surface area (Å²) in [4.78, 5) is 0. The number of aliphatic hydroxyl groups is 1. The molecule has 0 aliphatic carbocycles. The lowest BCUT2D eigenvalue weighted by Crippen LogP contribution is -2.10. The van der Waals surface area contributed by atoms with Crippen LogP contribution in [-0.4, -0.2) is 14.9 Å². The molecule has 0 aliphatic rings. The van der Waals surface area contributed by atoms with Crippen LogP contribution in [0, 0.1) is 13.8 Å². The van der Waals surface area contributed by atoms with Gasteiger partial charge in [0.15, 0.2) is 0 Å². The maximum atomic E-state index is 10.8. The van der Waals surface area contributed by atoms with Crippen molar-refractivity contribution in [2.24, 2.45) is 0 Å². The summed E-state index contributed by atoms with van der Waals surface area (Å²) >= 11 is 0. The van der Waals surface area contributed by atoms with Crippen LogP contribution in [0.5, 0.6) is 0 Å². The summed E-state index contributed by atoms with van der Waals surface area (Å²) in [6, 6.07) is 17.7. The van der Waals surface area contributed by atoms with Crippen molar-refractivity contribution in [3.8, 4) is 5.69 Å². The molecular weight excluding hydrogens is 260 g/mol. The molecular formula is C18H18N2O. The molecule has 21 heavy (non-hydrogen) atoms. The lowest BCUT2D eigenvalue weighted by Gasteiger charge is -2.17. The van der Waals surface area contributed by atoms with Crippen LogP contribution in [0.25, 0.3) is 5.69 Å². The predicted molar refractivity (Wildman–Crippen MR) is 83.5 cm³/mol. The third-order valence-corrected chi connectivity index (χ3v) is 3.89. The molecule has 0 amide bonds. The van der Waals surface area contributed by atoms with E-state index in [2.05, 4.69) is 18.1 Å². The Kier molecular flexibility index (Phi) is 3.59. The van der Waals surface area contributed by atoms with Crippen molar-refractivity contribution in [3.63, 3.8) is 0 Å². The molecule has 0 spiro atoms. The predicted octanol–water partition coefficient (Wildman–Crippen LogP) is 3.57. The molecule has 0 saturated carbocycles. The molecule has 1 unspecified atom stereocenters. The number of nitrogens with zero attached hydrogens (tertiary/aromatic N) is 2. The van der Waals surface area contributed by atoms with E-state index >= 15 is 0 Å². The minimum Gasteiger partial charge on any atom is -0.382 e. The first-order valence-electron chi connectivity index (χ1n) is 7.02. The summed E-state index contributed by atoms with van der Waals surface area (Å²) in [5.41, 5.74) is 4.94. The Morgan fingerprint density at radius 3 is 2.48 bits per heavy atom. The Labute approximate surface area is 124 Å². The molecule has 0 bridgehead atoms. The SMILES string of the molecule is Cc1cccc(C(O)c2ccnn2-c2ccccc2)c1C. The van der Waals surface area contributed by atoms with Gasteiger partial charge in [0.25, 0.3) is 0 Å². The quantitative estimate of drug-likeness (QED) is 0.795. The fourth-order valence-corrected chi connectivity index (χ4v) is 2.53. The maximum Gasteiger partial charge on any atom is 0.121 e. The van der Waals surface area contributed by atoms with Crippen LogP contribution in [0.1, 0.15) is 28.5 Å². The zero-order valence-electron chi connectivity index (χ0n) is 12.2. The first-order valence-corrected chi connectivity index (χ1v) is 7.02. The zero-order valence-corrected chi connectivity index (χ0v) is 12.2. The second-order valence-electron chi connectivity index (χ2n) is 5.20. The van der Waals surface area contributed by atoms with Gasteiger partial charge in [-0.2, -0.15) is 5.10 Å². The number of hydrogen-bond donors (Lipinski definition) is 1. The number of para-hydroxylation sites is 1. The number of benzene rings is 2. The van der Waals surface area contributed by atoms with Crippen LogP contribution in [0.2, 0.25) is 0 Å². The van der Waals surface area contributed by atoms with Crippen LogP contribution >= 0.6 is 0 Å². The molecule has 0 aliphatic heterocycles. The van der Waals surface area contributed by atoms with Crippen LogP contribution in [-0.2, 0) is 0 Å². The Bertz CT molecular complexity index is 747. The highest BCUT2D eigenvalue weighted by Crippen LogP contribution is 2.27. The van der Waals surface area contributed by atoms with Gasteiger partial charge >= 0.3 is 0 Å². The van der Waals surface area contributed by atoms with E-state index in [1.54, 1.807) is 10.9 Å². The Morgan fingerprint density at radius 1 is 0.952 bits per heavy atom. The number of hydrogen-bond acceptors (Lipinski definition) is 2. The van der Waals surface area contributed by atoms with E-state index < -0.39 is 6.10 Å². The van der Waals surface area contributed by atoms with E-state index in [9.17, 15) is 5.11 Å². The number of aliphatic hydroxyl groups excluding tert-OH is 1. The molecule has 106 valence electrons. The minimum absolute atomic E-state index is 0.687. The molecule has 3 rings (SSSR count). The Morgan fingerprint density at radius 2 is 1.71 bits per heavy atom. The first kappa shape index (κ1) is 13.6. The zero-order chi connectivity index (χ0) is 14.8. The lowest BCUT2D eigenvalue weighted by atomic mass is 9.97. The molecule has 3 aromatic rings. The van der Waals surface area contributed by atoms with E-state index in [4.69, 9.17) is 0 Å². The summed E-state index contributed by atoms with van der Waals surface area (Å²) in [6.07, 6.45) is 1.03. The minimum atomic E-state index is -0.687. The van der Waals surface area contributed by atoms with Gasteiger partial charge in [-0.3, -0.25) is 0 Å². The third kappa shape index (κ3) is 2.48. The van der Waals surface area contributed by atoms with Gasteiger partial charge in [0.1, 0.15) is 6.10 Å². The standard InChI is InChI=1S/C18H18N2O/c1-13-7-6-10-16(14(13)2)18(21)17-11-12-19-20(17)15-8-4-3-5-9-15/h3-12,18,21H,1-2H3. The van der Waals surface area contributed by atoms with Gasteiger partial charge in [0.2, 0.25) is 0 Å². The van der Waals surface area contributed by atoms with Crippen LogP contribution < -0.4 is 0 Å². The van der Waals surface area contributed by atoms with Gasteiger partial charge < -0.3 is 5.11 Å². The van der Waals surface area contributed by atoms with Gasteiger partial charge in [-0.25, -0.2) is 4.68 Å². The Balaban J connectivity index is 2.06. The molecule has 2 aromatic carbocycles. The molecule has 0 fully saturated rings. The van der Waals surface area contributed by atoms with Crippen LogP contribution in [0.15, 0.2) is 60.8 Å². The van der Waals surface area contributed by atoms with Crippen molar-refractivity contribution in [2.45, 2.75) is 20.0 Å². The fourth-order valence-electron chi connectivity index (χ4n) is 2.53. The summed E-state index contributed by atoms with van der Waals surface area (Å²) in [5.74, 6) is 0. The highest BCUT2D eigenvalue weighted by atomic mass is 16.3. The van der Waals surface area contributed by atoms with Gasteiger partial charge in [-0.15, -0.1) is 0 Å². The van der Waals surface area contributed by atoms with E-state index in [1.165, 1.54) is 5.56 Å². The third-order valence-electron chi connectivity index (χ3n) is 3.89. The summed E-state index contributed by atoms with van der Waals surface area (Å²) < 4.78 is 1.78. The highest BCUT2D eigenvalue weighted by molar-refractivity contribution is 5.40. The average Bonchev–Trinajstić information content (AvgIpc) is 3.00. The second kappa shape index (κ2) is 5.54. The average molecular weight is 278 g/mol.